The first-order valence-electron chi connectivity index (χ1n) is 7.26. The molecular weight excluding hydrogens is 260 g/mol. The average molecular weight is 282 g/mol. The molecule has 0 spiro atoms. The summed E-state index contributed by atoms with van der Waals surface area (Å²) in [5, 5.41) is 0. The van der Waals surface area contributed by atoms with Crippen LogP contribution < -0.4 is 5.73 Å². The van der Waals surface area contributed by atoms with Gasteiger partial charge in [0, 0.05) is 13.1 Å². The van der Waals surface area contributed by atoms with Crippen LogP contribution in [-0.2, 0) is 11.3 Å². The van der Waals surface area contributed by atoms with Crippen molar-refractivity contribution in [1.29, 1.82) is 0 Å². The third kappa shape index (κ3) is 3.92. The average Bonchev–Trinajstić information content (AvgIpc) is 2.52. The summed E-state index contributed by atoms with van der Waals surface area (Å²) in [4.78, 5) is 14.4. The Balaban J connectivity index is 2.12. The number of hydrogen-bond donors (Lipinski definition) is 1. The van der Waals surface area contributed by atoms with Gasteiger partial charge in [0.15, 0.2) is 0 Å². The van der Waals surface area contributed by atoms with E-state index in [2.05, 4.69) is 19.1 Å². The Kier molecular flexibility index (Phi) is 5.12. The molecule has 3 nitrogen and oxygen atoms in total. The van der Waals surface area contributed by atoms with E-state index < -0.39 is 6.04 Å². The van der Waals surface area contributed by atoms with E-state index in [4.69, 9.17) is 5.73 Å². The molecule has 0 bridgehead atoms. The summed E-state index contributed by atoms with van der Waals surface area (Å²) in [5.41, 5.74) is 9.29. The number of carbonyl (C=O) groups excluding carboxylic acids is 1. The topological polar surface area (TPSA) is 46.3 Å². The van der Waals surface area contributed by atoms with Crippen molar-refractivity contribution < 1.29 is 4.79 Å². The van der Waals surface area contributed by atoms with Gasteiger partial charge in [-0.2, -0.15) is 0 Å². The van der Waals surface area contributed by atoms with Gasteiger partial charge in [0.2, 0.25) is 5.91 Å². The van der Waals surface area contributed by atoms with Crippen molar-refractivity contribution in [3.8, 4) is 0 Å². The Hall–Kier alpha value is -2.13. The molecule has 1 amide bonds. The Labute approximate surface area is 126 Å². The van der Waals surface area contributed by atoms with Crippen molar-refractivity contribution in [2.45, 2.75) is 26.4 Å². The normalized spacial score (nSPS) is 12.0. The number of hydrogen-bond acceptors (Lipinski definition) is 2. The quantitative estimate of drug-likeness (QED) is 0.916. The highest BCUT2D eigenvalue weighted by molar-refractivity contribution is 5.83. The van der Waals surface area contributed by atoms with E-state index >= 15 is 0 Å². The molecular formula is C18H22N2O. The van der Waals surface area contributed by atoms with Gasteiger partial charge in [-0.15, -0.1) is 0 Å². The third-order valence-corrected chi connectivity index (χ3v) is 3.57. The number of aryl methyl sites for hydroxylation is 1. The van der Waals surface area contributed by atoms with Gasteiger partial charge in [0.25, 0.3) is 0 Å². The second-order valence-corrected chi connectivity index (χ2v) is 5.23. The van der Waals surface area contributed by atoms with Gasteiger partial charge in [0.1, 0.15) is 6.04 Å². The molecule has 110 valence electrons. The van der Waals surface area contributed by atoms with Crippen molar-refractivity contribution in [2.75, 3.05) is 6.54 Å². The maximum atomic E-state index is 12.6. The molecule has 0 heterocycles. The maximum absolute atomic E-state index is 12.6. The standard InChI is InChI=1S/C18H22N2O/c1-3-20(13-15-9-7-8-14(2)12-15)18(21)17(19)16-10-5-4-6-11-16/h4-12,17H,3,13,19H2,1-2H3. The van der Waals surface area contributed by atoms with Crippen LogP contribution in [0.4, 0.5) is 0 Å². The molecule has 0 aliphatic rings. The molecule has 2 rings (SSSR count). The molecule has 2 aromatic rings. The minimum atomic E-state index is -0.601. The van der Waals surface area contributed by atoms with Crippen molar-refractivity contribution in [2.24, 2.45) is 5.73 Å². The summed E-state index contributed by atoms with van der Waals surface area (Å²) in [5.74, 6) is -0.0368. The van der Waals surface area contributed by atoms with Crippen LogP contribution in [0.2, 0.25) is 0 Å². The molecule has 0 saturated heterocycles. The molecule has 0 radical (unpaired) electrons. The van der Waals surface area contributed by atoms with Crippen LogP contribution >= 0.6 is 0 Å². The summed E-state index contributed by atoms with van der Waals surface area (Å²) >= 11 is 0. The summed E-state index contributed by atoms with van der Waals surface area (Å²) in [6, 6.07) is 17.1. The molecule has 3 heteroatoms. The number of nitrogens with two attached hydrogens (primary N) is 1. The number of likely N-dealkylation sites (N-methyl/N-ethyl adjacent to an activating group) is 1. The Morgan fingerprint density at radius 2 is 1.86 bits per heavy atom. The fraction of sp³-hybridized carbons (Fsp3) is 0.278. The van der Waals surface area contributed by atoms with Crippen molar-refractivity contribution >= 4 is 5.91 Å². The summed E-state index contributed by atoms with van der Waals surface area (Å²) in [6.45, 7) is 5.27. The van der Waals surface area contributed by atoms with Gasteiger partial charge in [-0.1, -0.05) is 60.2 Å². The lowest BCUT2D eigenvalue weighted by molar-refractivity contribution is -0.133. The first kappa shape index (κ1) is 15.3. The zero-order valence-electron chi connectivity index (χ0n) is 12.6. The highest BCUT2D eigenvalue weighted by Gasteiger charge is 2.21. The highest BCUT2D eigenvalue weighted by atomic mass is 16.2. The maximum Gasteiger partial charge on any atom is 0.244 e. The van der Waals surface area contributed by atoms with Gasteiger partial charge >= 0.3 is 0 Å². The summed E-state index contributed by atoms with van der Waals surface area (Å²) in [6.07, 6.45) is 0. The van der Waals surface area contributed by atoms with E-state index in [1.165, 1.54) is 5.56 Å². The first-order valence-corrected chi connectivity index (χ1v) is 7.26. The smallest absolute Gasteiger partial charge is 0.244 e. The van der Waals surface area contributed by atoms with Crippen molar-refractivity contribution in [3.05, 3.63) is 71.3 Å². The molecule has 1 unspecified atom stereocenters. The van der Waals surface area contributed by atoms with E-state index in [0.717, 1.165) is 11.1 Å². The van der Waals surface area contributed by atoms with Crippen molar-refractivity contribution in [3.63, 3.8) is 0 Å². The van der Waals surface area contributed by atoms with E-state index in [1.54, 1.807) is 4.90 Å². The van der Waals surface area contributed by atoms with Crippen LogP contribution in [0.3, 0.4) is 0 Å². The molecule has 1 atom stereocenters. The number of carbonyl (C=O) groups is 1. The number of nitrogens with zero attached hydrogens (tertiary/aromatic N) is 1. The number of amides is 1. The predicted molar refractivity (Wildman–Crippen MR) is 85.6 cm³/mol. The lowest BCUT2D eigenvalue weighted by Gasteiger charge is -2.25. The van der Waals surface area contributed by atoms with Crippen LogP contribution in [-0.4, -0.2) is 17.4 Å². The minimum Gasteiger partial charge on any atom is -0.337 e. The van der Waals surface area contributed by atoms with Gasteiger partial charge in [-0.05, 0) is 25.0 Å². The van der Waals surface area contributed by atoms with E-state index in [1.807, 2.05) is 49.4 Å². The molecule has 0 fully saturated rings. The molecule has 21 heavy (non-hydrogen) atoms. The second kappa shape index (κ2) is 7.04. The predicted octanol–water partition coefficient (Wildman–Crippen LogP) is 3.04. The van der Waals surface area contributed by atoms with Crippen LogP contribution in [0, 0.1) is 6.92 Å². The van der Waals surface area contributed by atoms with Crippen LogP contribution in [0.25, 0.3) is 0 Å². The van der Waals surface area contributed by atoms with Crippen LogP contribution in [0.5, 0.6) is 0 Å². The lowest BCUT2D eigenvalue weighted by Crippen LogP contribution is -2.38. The highest BCUT2D eigenvalue weighted by Crippen LogP contribution is 2.15. The van der Waals surface area contributed by atoms with Crippen LogP contribution in [0.1, 0.15) is 29.7 Å². The Morgan fingerprint density at radius 3 is 2.48 bits per heavy atom. The third-order valence-electron chi connectivity index (χ3n) is 3.57. The Bertz CT molecular complexity index is 595. The molecule has 0 aliphatic carbocycles. The van der Waals surface area contributed by atoms with E-state index in [-0.39, 0.29) is 5.91 Å². The molecule has 2 aromatic carbocycles. The van der Waals surface area contributed by atoms with E-state index in [0.29, 0.717) is 13.1 Å². The largest absolute Gasteiger partial charge is 0.337 e. The SMILES string of the molecule is CCN(Cc1cccc(C)c1)C(=O)C(N)c1ccccc1. The Morgan fingerprint density at radius 1 is 1.14 bits per heavy atom. The zero-order chi connectivity index (χ0) is 15.2. The van der Waals surface area contributed by atoms with Gasteiger partial charge in [0.05, 0.1) is 0 Å². The molecule has 0 aliphatic heterocycles. The van der Waals surface area contributed by atoms with Crippen LogP contribution in [0.15, 0.2) is 54.6 Å². The zero-order valence-corrected chi connectivity index (χ0v) is 12.6. The van der Waals surface area contributed by atoms with Crippen molar-refractivity contribution in [1.82, 2.24) is 4.90 Å². The second-order valence-electron chi connectivity index (χ2n) is 5.23. The van der Waals surface area contributed by atoms with E-state index in [9.17, 15) is 4.79 Å². The number of benzene rings is 2. The number of rotatable bonds is 5. The summed E-state index contributed by atoms with van der Waals surface area (Å²) in [7, 11) is 0. The van der Waals surface area contributed by atoms with Gasteiger partial charge < -0.3 is 10.6 Å². The monoisotopic (exact) mass is 282 g/mol. The molecule has 2 N–H and O–H groups in total. The molecule has 0 aromatic heterocycles. The lowest BCUT2D eigenvalue weighted by atomic mass is 10.1. The van der Waals surface area contributed by atoms with Gasteiger partial charge in [-0.25, -0.2) is 0 Å². The fourth-order valence-corrected chi connectivity index (χ4v) is 2.38. The summed E-state index contributed by atoms with van der Waals surface area (Å²) < 4.78 is 0. The molecule has 0 saturated carbocycles. The van der Waals surface area contributed by atoms with Gasteiger partial charge in [-0.3, -0.25) is 4.79 Å². The minimum absolute atomic E-state index is 0.0368. The first-order chi connectivity index (χ1) is 10.1. The fourth-order valence-electron chi connectivity index (χ4n) is 2.38.